The fourth-order valence-electron chi connectivity index (χ4n) is 1.85. The van der Waals surface area contributed by atoms with Crippen LogP contribution in [0.15, 0.2) is 24.4 Å². The molecule has 4 heteroatoms. The lowest BCUT2D eigenvalue weighted by molar-refractivity contribution is 0.711. The fourth-order valence-corrected chi connectivity index (χ4v) is 1.85. The van der Waals surface area contributed by atoms with Gasteiger partial charge in [-0.1, -0.05) is 13.0 Å². The van der Waals surface area contributed by atoms with Crippen LogP contribution in [0.4, 0.5) is 0 Å². The van der Waals surface area contributed by atoms with E-state index in [1.54, 1.807) is 6.20 Å². The van der Waals surface area contributed by atoms with Crippen LogP contribution in [0.1, 0.15) is 23.9 Å². The third-order valence-corrected chi connectivity index (χ3v) is 2.87. The third kappa shape index (κ3) is 2.71. The van der Waals surface area contributed by atoms with E-state index in [0.717, 1.165) is 30.2 Å². The molecule has 0 spiro atoms. The van der Waals surface area contributed by atoms with E-state index in [4.69, 9.17) is 0 Å². The highest BCUT2D eigenvalue weighted by molar-refractivity contribution is 5.49. The molecule has 94 valence electrons. The maximum atomic E-state index is 4.54. The molecule has 0 radical (unpaired) electrons. The van der Waals surface area contributed by atoms with Crippen molar-refractivity contribution in [3.05, 3.63) is 41.3 Å². The second-order valence-corrected chi connectivity index (χ2v) is 4.19. The first-order valence-electron chi connectivity index (χ1n) is 6.18. The summed E-state index contributed by atoms with van der Waals surface area (Å²) < 4.78 is 0. The van der Waals surface area contributed by atoms with E-state index >= 15 is 0 Å². The molecular weight excluding hydrogens is 224 g/mol. The van der Waals surface area contributed by atoms with E-state index in [2.05, 4.69) is 27.2 Å². The Morgan fingerprint density at radius 3 is 2.39 bits per heavy atom. The quantitative estimate of drug-likeness (QED) is 0.893. The average molecular weight is 242 g/mol. The van der Waals surface area contributed by atoms with Crippen LogP contribution in [0.3, 0.4) is 0 Å². The lowest BCUT2D eigenvalue weighted by Gasteiger charge is -2.10. The third-order valence-electron chi connectivity index (χ3n) is 2.87. The molecule has 0 aliphatic heterocycles. The molecule has 0 atom stereocenters. The molecule has 2 aromatic heterocycles. The molecular formula is C14H18N4. The van der Waals surface area contributed by atoms with Gasteiger partial charge in [0.05, 0.1) is 0 Å². The Hall–Kier alpha value is -1.81. The van der Waals surface area contributed by atoms with Gasteiger partial charge in [0.2, 0.25) is 0 Å². The molecule has 2 heterocycles. The maximum Gasteiger partial charge on any atom is 0.178 e. The summed E-state index contributed by atoms with van der Waals surface area (Å²) in [5, 5.41) is 3.31. The number of pyridine rings is 1. The molecule has 0 aromatic carbocycles. The first-order valence-corrected chi connectivity index (χ1v) is 6.18. The van der Waals surface area contributed by atoms with Crippen LogP contribution < -0.4 is 5.32 Å². The standard InChI is InChI=1S/C14H18N4/c1-4-15-9-12-10(2)17-14(18-11(12)3)13-7-5-6-8-16-13/h5-8,15H,4,9H2,1-3H3. The molecule has 0 amide bonds. The van der Waals surface area contributed by atoms with Gasteiger partial charge in [0.15, 0.2) is 5.82 Å². The van der Waals surface area contributed by atoms with Crippen molar-refractivity contribution in [2.45, 2.75) is 27.3 Å². The Labute approximate surface area is 108 Å². The van der Waals surface area contributed by atoms with Gasteiger partial charge in [0.25, 0.3) is 0 Å². The Balaban J connectivity index is 2.36. The summed E-state index contributed by atoms with van der Waals surface area (Å²) in [5.74, 6) is 0.700. The number of aryl methyl sites for hydroxylation is 2. The highest BCUT2D eigenvalue weighted by Gasteiger charge is 2.09. The van der Waals surface area contributed by atoms with Crippen LogP contribution in [-0.4, -0.2) is 21.5 Å². The molecule has 2 aromatic rings. The minimum atomic E-state index is 0.700. The number of hydrogen-bond donors (Lipinski definition) is 1. The summed E-state index contributed by atoms with van der Waals surface area (Å²) in [6, 6.07) is 5.77. The molecule has 18 heavy (non-hydrogen) atoms. The fraction of sp³-hybridized carbons (Fsp3) is 0.357. The van der Waals surface area contributed by atoms with Crippen molar-refractivity contribution >= 4 is 0 Å². The van der Waals surface area contributed by atoms with Gasteiger partial charge >= 0.3 is 0 Å². The molecule has 0 fully saturated rings. The minimum absolute atomic E-state index is 0.700. The largest absolute Gasteiger partial charge is 0.313 e. The minimum Gasteiger partial charge on any atom is -0.313 e. The summed E-state index contributed by atoms with van der Waals surface area (Å²) >= 11 is 0. The molecule has 0 aliphatic carbocycles. The predicted octanol–water partition coefficient (Wildman–Crippen LogP) is 2.26. The first-order chi connectivity index (χ1) is 8.72. The summed E-state index contributed by atoms with van der Waals surface area (Å²) in [7, 11) is 0. The normalized spacial score (nSPS) is 10.6. The Morgan fingerprint density at radius 1 is 1.11 bits per heavy atom. The zero-order valence-electron chi connectivity index (χ0n) is 11.1. The lowest BCUT2D eigenvalue weighted by atomic mass is 10.1. The van der Waals surface area contributed by atoms with Crippen LogP contribution in [0.2, 0.25) is 0 Å². The second-order valence-electron chi connectivity index (χ2n) is 4.19. The molecule has 0 aliphatic rings. The van der Waals surface area contributed by atoms with Crippen LogP contribution >= 0.6 is 0 Å². The average Bonchev–Trinajstić information content (AvgIpc) is 2.39. The smallest absolute Gasteiger partial charge is 0.178 e. The van der Waals surface area contributed by atoms with Gasteiger partial charge in [-0.3, -0.25) is 4.98 Å². The summed E-state index contributed by atoms with van der Waals surface area (Å²) in [4.78, 5) is 13.4. The Kier molecular flexibility index (Phi) is 3.99. The van der Waals surface area contributed by atoms with E-state index in [0.29, 0.717) is 5.82 Å². The molecule has 0 saturated heterocycles. The zero-order valence-corrected chi connectivity index (χ0v) is 11.1. The SMILES string of the molecule is CCNCc1c(C)nc(-c2ccccn2)nc1C. The van der Waals surface area contributed by atoms with E-state index < -0.39 is 0 Å². The topological polar surface area (TPSA) is 50.7 Å². The summed E-state index contributed by atoms with van der Waals surface area (Å²) in [5.41, 5.74) is 4.03. The van der Waals surface area contributed by atoms with Crippen LogP contribution in [-0.2, 0) is 6.54 Å². The van der Waals surface area contributed by atoms with Crippen molar-refractivity contribution in [3.8, 4) is 11.5 Å². The highest BCUT2D eigenvalue weighted by atomic mass is 14.9. The number of nitrogens with one attached hydrogen (secondary N) is 1. The van der Waals surface area contributed by atoms with E-state index in [1.165, 1.54) is 5.56 Å². The summed E-state index contributed by atoms with van der Waals surface area (Å²) in [6.45, 7) is 7.90. The van der Waals surface area contributed by atoms with E-state index in [-0.39, 0.29) is 0 Å². The van der Waals surface area contributed by atoms with Gasteiger partial charge in [0, 0.05) is 29.7 Å². The number of rotatable bonds is 4. The molecule has 0 saturated carbocycles. The van der Waals surface area contributed by atoms with Crippen molar-refractivity contribution in [1.29, 1.82) is 0 Å². The van der Waals surface area contributed by atoms with Crippen molar-refractivity contribution < 1.29 is 0 Å². The number of aromatic nitrogens is 3. The maximum absolute atomic E-state index is 4.54. The Morgan fingerprint density at radius 2 is 1.83 bits per heavy atom. The monoisotopic (exact) mass is 242 g/mol. The van der Waals surface area contributed by atoms with Crippen LogP contribution in [0.25, 0.3) is 11.5 Å². The van der Waals surface area contributed by atoms with Crippen LogP contribution in [0.5, 0.6) is 0 Å². The second kappa shape index (κ2) is 5.69. The number of hydrogen-bond acceptors (Lipinski definition) is 4. The zero-order chi connectivity index (χ0) is 13.0. The molecule has 2 rings (SSSR count). The molecule has 1 N–H and O–H groups in total. The van der Waals surface area contributed by atoms with Crippen molar-refractivity contribution in [2.24, 2.45) is 0 Å². The molecule has 4 nitrogen and oxygen atoms in total. The van der Waals surface area contributed by atoms with Gasteiger partial charge in [0.1, 0.15) is 5.69 Å². The van der Waals surface area contributed by atoms with Gasteiger partial charge < -0.3 is 5.32 Å². The van der Waals surface area contributed by atoms with E-state index in [1.807, 2.05) is 32.0 Å². The van der Waals surface area contributed by atoms with Crippen molar-refractivity contribution in [2.75, 3.05) is 6.54 Å². The van der Waals surface area contributed by atoms with Crippen molar-refractivity contribution in [1.82, 2.24) is 20.3 Å². The van der Waals surface area contributed by atoms with Crippen LogP contribution in [0, 0.1) is 13.8 Å². The van der Waals surface area contributed by atoms with Gasteiger partial charge in [-0.15, -0.1) is 0 Å². The van der Waals surface area contributed by atoms with Gasteiger partial charge in [-0.2, -0.15) is 0 Å². The highest BCUT2D eigenvalue weighted by Crippen LogP contribution is 2.16. The van der Waals surface area contributed by atoms with Gasteiger partial charge in [-0.05, 0) is 32.5 Å². The van der Waals surface area contributed by atoms with Gasteiger partial charge in [-0.25, -0.2) is 9.97 Å². The first kappa shape index (κ1) is 12.6. The van der Waals surface area contributed by atoms with Crippen molar-refractivity contribution in [3.63, 3.8) is 0 Å². The van der Waals surface area contributed by atoms with E-state index in [9.17, 15) is 0 Å². The lowest BCUT2D eigenvalue weighted by Crippen LogP contribution is -2.15. The summed E-state index contributed by atoms with van der Waals surface area (Å²) in [6.07, 6.45) is 1.76. The number of nitrogens with zero attached hydrogens (tertiary/aromatic N) is 3. The Bertz CT molecular complexity index is 500. The molecule has 0 unspecified atom stereocenters. The molecule has 0 bridgehead atoms. The predicted molar refractivity (Wildman–Crippen MR) is 72.1 cm³/mol.